The molecule has 0 atom stereocenters. The lowest BCUT2D eigenvalue weighted by molar-refractivity contribution is -0.115. The minimum Gasteiger partial charge on any atom is -0.374 e. The molecule has 0 saturated carbocycles. The van der Waals surface area contributed by atoms with Gasteiger partial charge in [0.2, 0.25) is 5.91 Å². The summed E-state index contributed by atoms with van der Waals surface area (Å²) in [4.78, 5) is 23.4. The smallest absolute Gasteiger partial charge is 0.251 e. The molecular formula is C15H20N2O3. The first kappa shape index (κ1) is 14.5. The number of anilines is 1. The lowest BCUT2D eigenvalue weighted by Crippen LogP contribution is -2.40. The van der Waals surface area contributed by atoms with Gasteiger partial charge in [0.1, 0.15) is 0 Å². The molecular weight excluding hydrogens is 256 g/mol. The Morgan fingerprint density at radius 1 is 1.45 bits per heavy atom. The normalized spacial score (nSPS) is 13.8. The van der Waals surface area contributed by atoms with Crippen molar-refractivity contribution in [2.45, 2.75) is 32.8 Å². The average Bonchev–Trinajstić information content (AvgIpc) is 2.75. The fraction of sp³-hybridized carbons (Fsp3) is 0.467. The zero-order valence-electron chi connectivity index (χ0n) is 12.1. The third-order valence-electron chi connectivity index (χ3n) is 3.20. The molecule has 1 aliphatic heterocycles. The maximum absolute atomic E-state index is 12.1. The molecule has 2 rings (SSSR count). The first-order chi connectivity index (χ1) is 9.41. The highest BCUT2D eigenvalue weighted by Gasteiger charge is 2.21. The molecule has 1 heterocycles. The molecule has 0 aliphatic carbocycles. The van der Waals surface area contributed by atoms with Gasteiger partial charge in [-0.3, -0.25) is 9.59 Å². The number of carbonyl (C=O) groups excluding carboxylic acids is 2. The molecule has 5 heteroatoms. The van der Waals surface area contributed by atoms with Gasteiger partial charge in [-0.15, -0.1) is 0 Å². The van der Waals surface area contributed by atoms with Crippen LogP contribution in [0.5, 0.6) is 0 Å². The molecule has 1 aromatic rings. The fourth-order valence-electron chi connectivity index (χ4n) is 2.21. The van der Waals surface area contributed by atoms with E-state index in [1.54, 1.807) is 18.2 Å². The van der Waals surface area contributed by atoms with E-state index in [2.05, 4.69) is 10.6 Å². The van der Waals surface area contributed by atoms with Crippen LogP contribution in [0.3, 0.4) is 0 Å². The molecule has 1 aliphatic rings. The highest BCUT2D eigenvalue weighted by Crippen LogP contribution is 2.23. The number of fused-ring (bicyclic) bond motifs is 1. The molecule has 0 fully saturated rings. The zero-order valence-corrected chi connectivity index (χ0v) is 12.1. The number of ether oxygens (including phenoxy) is 1. The molecule has 1 aromatic carbocycles. The van der Waals surface area contributed by atoms with Gasteiger partial charge >= 0.3 is 0 Å². The summed E-state index contributed by atoms with van der Waals surface area (Å²) in [6, 6.07) is 5.24. The van der Waals surface area contributed by atoms with Gasteiger partial charge in [0, 0.05) is 24.4 Å². The van der Waals surface area contributed by atoms with Gasteiger partial charge in [0.15, 0.2) is 0 Å². The Hall–Kier alpha value is -1.88. The van der Waals surface area contributed by atoms with E-state index >= 15 is 0 Å². The molecule has 0 unspecified atom stereocenters. The van der Waals surface area contributed by atoms with Crippen LogP contribution in [0.2, 0.25) is 0 Å². The number of amides is 2. The van der Waals surface area contributed by atoms with Gasteiger partial charge in [-0.1, -0.05) is 0 Å². The van der Waals surface area contributed by atoms with E-state index in [-0.39, 0.29) is 11.8 Å². The van der Waals surface area contributed by atoms with Crippen molar-refractivity contribution in [3.05, 3.63) is 29.3 Å². The summed E-state index contributed by atoms with van der Waals surface area (Å²) >= 11 is 0. The second-order valence-corrected chi connectivity index (χ2v) is 5.47. The lowest BCUT2D eigenvalue weighted by Gasteiger charge is -2.24. The molecule has 0 bridgehead atoms. The maximum Gasteiger partial charge on any atom is 0.251 e. The monoisotopic (exact) mass is 276 g/mol. The van der Waals surface area contributed by atoms with Gasteiger partial charge in [-0.2, -0.15) is 0 Å². The van der Waals surface area contributed by atoms with Crippen LogP contribution in [0, 0.1) is 0 Å². The highest BCUT2D eigenvalue weighted by molar-refractivity contribution is 6.01. The molecule has 2 N–H and O–H groups in total. The Morgan fingerprint density at radius 2 is 2.20 bits per heavy atom. The largest absolute Gasteiger partial charge is 0.374 e. The molecule has 0 aromatic heterocycles. The minimum atomic E-state index is -0.390. The Bertz CT molecular complexity index is 538. The van der Waals surface area contributed by atoms with Crippen molar-refractivity contribution >= 4 is 17.5 Å². The van der Waals surface area contributed by atoms with Gasteiger partial charge in [0.05, 0.1) is 12.0 Å². The van der Waals surface area contributed by atoms with Crippen molar-refractivity contribution in [2.24, 2.45) is 0 Å². The average molecular weight is 276 g/mol. The van der Waals surface area contributed by atoms with E-state index < -0.39 is 5.60 Å². The van der Waals surface area contributed by atoms with E-state index in [1.165, 1.54) is 0 Å². The Kier molecular flexibility index (Phi) is 4.09. The number of carbonyl (C=O) groups is 2. The maximum atomic E-state index is 12.1. The zero-order chi connectivity index (χ0) is 14.8. The van der Waals surface area contributed by atoms with Crippen LogP contribution in [0.25, 0.3) is 0 Å². The Balaban J connectivity index is 2.00. The van der Waals surface area contributed by atoms with Gasteiger partial charge < -0.3 is 15.4 Å². The molecule has 108 valence electrons. The van der Waals surface area contributed by atoms with Crippen LogP contribution in [-0.2, 0) is 16.0 Å². The van der Waals surface area contributed by atoms with E-state index in [0.717, 1.165) is 11.3 Å². The number of rotatable bonds is 5. The first-order valence-electron chi connectivity index (χ1n) is 6.76. The summed E-state index contributed by atoms with van der Waals surface area (Å²) in [7, 11) is 0. The van der Waals surface area contributed by atoms with Crippen molar-refractivity contribution < 1.29 is 14.3 Å². The topological polar surface area (TPSA) is 67.4 Å². The molecule has 20 heavy (non-hydrogen) atoms. The summed E-state index contributed by atoms with van der Waals surface area (Å²) in [5, 5.41) is 5.60. The SMILES string of the molecule is CCOC(C)(C)CNC(=O)c1ccc2c(c1)CC(=O)N2. The molecule has 0 radical (unpaired) electrons. The summed E-state index contributed by atoms with van der Waals surface area (Å²) in [5.74, 6) is -0.185. The summed E-state index contributed by atoms with van der Waals surface area (Å²) < 4.78 is 5.53. The van der Waals surface area contributed by atoms with E-state index in [1.807, 2.05) is 20.8 Å². The molecule has 2 amide bonds. The third-order valence-corrected chi connectivity index (χ3v) is 3.20. The summed E-state index contributed by atoms with van der Waals surface area (Å²) in [6.45, 7) is 6.83. The Labute approximate surface area is 118 Å². The van der Waals surface area contributed by atoms with Crippen LogP contribution in [0.15, 0.2) is 18.2 Å². The Morgan fingerprint density at radius 3 is 2.90 bits per heavy atom. The first-order valence-corrected chi connectivity index (χ1v) is 6.76. The van der Waals surface area contributed by atoms with Gasteiger partial charge in [-0.05, 0) is 44.5 Å². The van der Waals surface area contributed by atoms with Crippen molar-refractivity contribution in [2.75, 3.05) is 18.5 Å². The van der Waals surface area contributed by atoms with Crippen LogP contribution in [0.4, 0.5) is 5.69 Å². The summed E-state index contributed by atoms with van der Waals surface area (Å²) in [5.41, 5.74) is 1.83. The fourth-order valence-corrected chi connectivity index (χ4v) is 2.21. The quantitative estimate of drug-likeness (QED) is 0.860. The number of nitrogens with one attached hydrogen (secondary N) is 2. The van der Waals surface area contributed by atoms with Crippen LogP contribution >= 0.6 is 0 Å². The minimum absolute atomic E-state index is 0.0324. The van der Waals surface area contributed by atoms with E-state index in [0.29, 0.717) is 25.1 Å². The van der Waals surface area contributed by atoms with Crippen molar-refractivity contribution in [1.82, 2.24) is 5.32 Å². The van der Waals surface area contributed by atoms with Gasteiger partial charge in [0.25, 0.3) is 5.91 Å². The lowest BCUT2D eigenvalue weighted by atomic mass is 10.1. The van der Waals surface area contributed by atoms with Crippen LogP contribution < -0.4 is 10.6 Å². The van der Waals surface area contributed by atoms with Crippen LogP contribution in [0.1, 0.15) is 36.7 Å². The van der Waals surface area contributed by atoms with Crippen molar-refractivity contribution in [3.8, 4) is 0 Å². The predicted molar refractivity (Wildman–Crippen MR) is 76.8 cm³/mol. The van der Waals surface area contributed by atoms with Crippen molar-refractivity contribution in [1.29, 1.82) is 0 Å². The van der Waals surface area contributed by atoms with Gasteiger partial charge in [-0.25, -0.2) is 0 Å². The second-order valence-electron chi connectivity index (χ2n) is 5.47. The molecule has 0 saturated heterocycles. The molecule has 0 spiro atoms. The van der Waals surface area contributed by atoms with Crippen molar-refractivity contribution in [3.63, 3.8) is 0 Å². The second kappa shape index (κ2) is 5.63. The standard InChI is InChI=1S/C15H20N2O3/c1-4-20-15(2,3)9-16-14(19)10-5-6-12-11(7-10)8-13(18)17-12/h5-7H,4,8-9H2,1-3H3,(H,16,19)(H,17,18). The van der Waals surface area contributed by atoms with E-state index in [4.69, 9.17) is 4.74 Å². The summed E-state index contributed by atoms with van der Waals surface area (Å²) in [6.07, 6.45) is 0.334. The van der Waals surface area contributed by atoms with E-state index in [9.17, 15) is 9.59 Å². The van der Waals surface area contributed by atoms with Crippen LogP contribution in [-0.4, -0.2) is 30.6 Å². The predicted octanol–water partition coefficient (Wildman–Crippen LogP) is 1.73. The highest BCUT2D eigenvalue weighted by atomic mass is 16.5. The third kappa shape index (κ3) is 3.36. The number of benzene rings is 1. The number of hydrogen-bond acceptors (Lipinski definition) is 3. The molecule has 5 nitrogen and oxygen atoms in total. The number of hydrogen-bond donors (Lipinski definition) is 2.